The van der Waals surface area contributed by atoms with Crippen molar-refractivity contribution in [2.45, 2.75) is 51.1 Å². The Morgan fingerprint density at radius 2 is 1.52 bits per heavy atom. The Morgan fingerprint density at radius 3 is 2.09 bits per heavy atom. The average molecular weight is 474 g/mol. The zero-order chi connectivity index (χ0) is 24.4. The van der Waals surface area contributed by atoms with Gasteiger partial charge < -0.3 is 10.2 Å². The fourth-order valence-electron chi connectivity index (χ4n) is 3.30. The summed E-state index contributed by atoms with van der Waals surface area (Å²) in [5.41, 5.74) is 0.929. The lowest BCUT2D eigenvalue weighted by atomic mass is 10.1. The van der Waals surface area contributed by atoms with Gasteiger partial charge in [0.2, 0.25) is 21.8 Å². The zero-order valence-corrected chi connectivity index (χ0v) is 20.7. The number of benzene rings is 2. The number of carbonyl (C=O) groups is 2. The zero-order valence-electron chi connectivity index (χ0n) is 19.9. The molecule has 0 radical (unpaired) electrons. The highest BCUT2D eigenvalue weighted by Gasteiger charge is 2.26. The van der Waals surface area contributed by atoms with E-state index in [1.54, 1.807) is 42.2 Å². The van der Waals surface area contributed by atoms with E-state index in [-0.39, 0.29) is 29.7 Å². The van der Waals surface area contributed by atoms with Gasteiger partial charge in [-0.3, -0.25) is 9.59 Å². The van der Waals surface area contributed by atoms with Crippen LogP contribution in [-0.2, 0) is 26.2 Å². The van der Waals surface area contributed by atoms with Crippen LogP contribution in [0.15, 0.2) is 65.6 Å². The summed E-state index contributed by atoms with van der Waals surface area (Å²) < 4.78 is 26.6. The Balaban J connectivity index is 2.04. The van der Waals surface area contributed by atoms with E-state index in [1.807, 2.05) is 44.2 Å². The van der Waals surface area contributed by atoms with Gasteiger partial charge in [-0.25, -0.2) is 12.7 Å². The Morgan fingerprint density at radius 1 is 0.939 bits per heavy atom. The minimum atomic E-state index is -3.61. The van der Waals surface area contributed by atoms with E-state index < -0.39 is 16.1 Å². The van der Waals surface area contributed by atoms with E-state index in [2.05, 4.69) is 5.32 Å². The third-order valence-corrected chi connectivity index (χ3v) is 7.23. The molecule has 1 atom stereocenters. The highest BCUT2D eigenvalue weighted by Crippen LogP contribution is 2.16. The van der Waals surface area contributed by atoms with Crippen LogP contribution in [0.25, 0.3) is 0 Å². The van der Waals surface area contributed by atoms with Crippen LogP contribution in [0.4, 0.5) is 0 Å². The first-order valence-corrected chi connectivity index (χ1v) is 12.7. The van der Waals surface area contributed by atoms with E-state index in [0.29, 0.717) is 25.4 Å². The molecule has 7 nitrogen and oxygen atoms in total. The maximum Gasteiger partial charge on any atom is 0.242 e. The molecule has 33 heavy (non-hydrogen) atoms. The number of sulfonamides is 1. The lowest BCUT2D eigenvalue weighted by Gasteiger charge is -2.29. The van der Waals surface area contributed by atoms with Gasteiger partial charge >= 0.3 is 0 Å². The summed E-state index contributed by atoms with van der Waals surface area (Å²) in [5, 5.41) is 2.90. The highest BCUT2D eigenvalue weighted by atomic mass is 32.2. The molecule has 0 heterocycles. The fraction of sp³-hybridized carbons (Fsp3) is 0.440. The predicted molar refractivity (Wildman–Crippen MR) is 130 cm³/mol. The molecular weight excluding hydrogens is 438 g/mol. The molecule has 0 fully saturated rings. The molecule has 2 aromatic carbocycles. The number of rotatable bonds is 12. The second kappa shape index (κ2) is 12.5. The van der Waals surface area contributed by atoms with Crippen LogP contribution in [-0.4, -0.2) is 55.6 Å². The maximum atomic E-state index is 13.1. The second-order valence-electron chi connectivity index (χ2n) is 8.57. The summed E-state index contributed by atoms with van der Waals surface area (Å²) >= 11 is 0. The third-order valence-electron chi connectivity index (χ3n) is 5.36. The Bertz CT molecular complexity index is 995. The Labute approximate surface area is 197 Å². The second-order valence-corrected chi connectivity index (χ2v) is 10.6. The van der Waals surface area contributed by atoms with Crippen molar-refractivity contribution in [3.8, 4) is 0 Å². The molecule has 180 valence electrons. The van der Waals surface area contributed by atoms with Crippen molar-refractivity contribution in [2.24, 2.45) is 5.92 Å². The van der Waals surface area contributed by atoms with Crippen LogP contribution in [0.2, 0.25) is 0 Å². The molecule has 1 unspecified atom stereocenters. The number of carbonyl (C=O) groups excluding carboxylic acids is 2. The molecule has 0 aliphatic rings. The molecule has 1 N–H and O–H groups in total. The van der Waals surface area contributed by atoms with Crippen molar-refractivity contribution in [1.82, 2.24) is 14.5 Å². The Hall–Kier alpha value is -2.71. The predicted octanol–water partition coefficient (Wildman–Crippen LogP) is 3.28. The van der Waals surface area contributed by atoms with E-state index in [1.165, 1.54) is 11.4 Å². The van der Waals surface area contributed by atoms with Crippen LogP contribution in [0.3, 0.4) is 0 Å². The largest absolute Gasteiger partial charge is 0.354 e. The number of amides is 2. The molecule has 2 amide bonds. The molecule has 8 heteroatoms. The molecule has 0 spiro atoms. The number of hydrogen-bond acceptors (Lipinski definition) is 4. The van der Waals surface area contributed by atoms with Crippen molar-refractivity contribution in [3.05, 3.63) is 66.2 Å². The van der Waals surface area contributed by atoms with E-state index in [0.717, 1.165) is 5.56 Å². The van der Waals surface area contributed by atoms with Gasteiger partial charge in [0.15, 0.2) is 0 Å². The lowest BCUT2D eigenvalue weighted by molar-refractivity contribution is -0.140. The van der Waals surface area contributed by atoms with Crippen LogP contribution in [0.5, 0.6) is 0 Å². The fourth-order valence-corrected chi connectivity index (χ4v) is 4.53. The summed E-state index contributed by atoms with van der Waals surface area (Å²) in [6.45, 7) is 6.81. The standard InChI is InChI=1S/C25H35N3O4S/c1-20(2)18-26-25(30)21(3)28(19-22-12-7-5-8-13-22)24(29)16-11-17-27(4)33(31,32)23-14-9-6-10-15-23/h5-10,12-15,20-21H,11,16-19H2,1-4H3,(H,26,30). The number of hydrogen-bond donors (Lipinski definition) is 1. The quantitative estimate of drug-likeness (QED) is 0.513. The SMILES string of the molecule is CC(C)CNC(=O)C(C)N(Cc1ccccc1)C(=O)CCCN(C)S(=O)(=O)c1ccccc1. The summed E-state index contributed by atoms with van der Waals surface area (Å²) in [6, 6.07) is 17.1. The third kappa shape index (κ3) is 7.98. The van der Waals surface area contributed by atoms with E-state index in [9.17, 15) is 18.0 Å². The van der Waals surface area contributed by atoms with Crippen molar-refractivity contribution in [3.63, 3.8) is 0 Å². The average Bonchev–Trinajstić information content (AvgIpc) is 2.81. The summed E-state index contributed by atoms with van der Waals surface area (Å²) in [5.74, 6) is -0.0742. The highest BCUT2D eigenvalue weighted by molar-refractivity contribution is 7.89. The van der Waals surface area contributed by atoms with Gasteiger partial charge in [0, 0.05) is 33.1 Å². The number of nitrogens with zero attached hydrogens (tertiary/aromatic N) is 2. The van der Waals surface area contributed by atoms with Gasteiger partial charge in [0.05, 0.1) is 4.90 Å². The van der Waals surface area contributed by atoms with Crippen LogP contribution in [0, 0.1) is 5.92 Å². The van der Waals surface area contributed by atoms with Gasteiger partial charge in [0.25, 0.3) is 0 Å². The first-order valence-electron chi connectivity index (χ1n) is 11.3. The molecule has 0 aliphatic carbocycles. The Kier molecular flexibility index (Phi) is 10.1. The van der Waals surface area contributed by atoms with Crippen LogP contribution >= 0.6 is 0 Å². The van der Waals surface area contributed by atoms with Crippen molar-refractivity contribution < 1.29 is 18.0 Å². The molecule has 2 rings (SSSR count). The molecule has 0 bridgehead atoms. The summed E-state index contributed by atoms with van der Waals surface area (Å²) in [4.78, 5) is 27.6. The first-order chi connectivity index (χ1) is 15.6. The van der Waals surface area contributed by atoms with Gasteiger partial charge in [-0.15, -0.1) is 0 Å². The van der Waals surface area contributed by atoms with Gasteiger partial charge in [-0.05, 0) is 37.0 Å². The minimum absolute atomic E-state index is 0.142. The monoisotopic (exact) mass is 473 g/mol. The molecule has 0 saturated carbocycles. The van der Waals surface area contributed by atoms with Gasteiger partial charge in [-0.1, -0.05) is 62.4 Å². The maximum absolute atomic E-state index is 13.1. The minimum Gasteiger partial charge on any atom is -0.354 e. The summed E-state index contributed by atoms with van der Waals surface area (Å²) in [7, 11) is -2.10. The van der Waals surface area contributed by atoms with Crippen molar-refractivity contribution >= 4 is 21.8 Å². The molecule has 0 aliphatic heterocycles. The van der Waals surface area contributed by atoms with Crippen molar-refractivity contribution in [2.75, 3.05) is 20.1 Å². The first kappa shape index (κ1) is 26.5. The smallest absolute Gasteiger partial charge is 0.242 e. The van der Waals surface area contributed by atoms with E-state index >= 15 is 0 Å². The molecular formula is C25H35N3O4S. The number of nitrogens with one attached hydrogen (secondary N) is 1. The van der Waals surface area contributed by atoms with Crippen LogP contribution < -0.4 is 5.32 Å². The van der Waals surface area contributed by atoms with E-state index in [4.69, 9.17) is 0 Å². The molecule has 2 aromatic rings. The van der Waals surface area contributed by atoms with Gasteiger partial charge in [0.1, 0.15) is 6.04 Å². The molecule has 0 saturated heterocycles. The topological polar surface area (TPSA) is 86.8 Å². The normalized spacial score (nSPS) is 12.5. The lowest BCUT2D eigenvalue weighted by Crippen LogP contribution is -2.48. The molecule has 0 aromatic heterocycles. The van der Waals surface area contributed by atoms with Gasteiger partial charge in [-0.2, -0.15) is 0 Å². The van der Waals surface area contributed by atoms with Crippen molar-refractivity contribution in [1.29, 1.82) is 0 Å². The summed E-state index contributed by atoms with van der Waals surface area (Å²) in [6.07, 6.45) is 0.496. The van der Waals surface area contributed by atoms with Crippen LogP contribution in [0.1, 0.15) is 39.2 Å².